The van der Waals surface area contributed by atoms with Crippen LogP contribution in [0.25, 0.3) is 0 Å². The van der Waals surface area contributed by atoms with E-state index in [2.05, 4.69) is 15.5 Å². The molecule has 0 radical (unpaired) electrons. The fourth-order valence-corrected chi connectivity index (χ4v) is 4.34. The van der Waals surface area contributed by atoms with Crippen molar-refractivity contribution in [2.75, 3.05) is 23.7 Å². The van der Waals surface area contributed by atoms with Gasteiger partial charge in [0, 0.05) is 29.5 Å². The Balaban J connectivity index is 1.39. The second-order valence-electron chi connectivity index (χ2n) is 8.16. The second kappa shape index (κ2) is 7.76. The molecule has 2 fully saturated rings. The highest BCUT2D eigenvalue weighted by Crippen LogP contribution is 2.37. The molecular formula is C23H27N3O2. The Morgan fingerprint density at radius 1 is 1.04 bits per heavy atom. The standard InChI is InChI=1S/C23H27N3O2/c1-15-3-7-18(8-4-15)23(28)25-21-12-19(9-5-16(21)2)24-22(27)14-26-13-17-6-10-20(26)11-17/h3-5,7-9,12,17,20H,6,10-11,13-14H2,1-2H3,(H,24,27)(H,25,28). The summed E-state index contributed by atoms with van der Waals surface area (Å²) in [6.45, 7) is 5.42. The van der Waals surface area contributed by atoms with Crippen LogP contribution in [0.2, 0.25) is 0 Å². The Morgan fingerprint density at radius 2 is 1.82 bits per heavy atom. The molecule has 2 aromatic carbocycles. The van der Waals surface area contributed by atoms with E-state index in [4.69, 9.17) is 0 Å². The summed E-state index contributed by atoms with van der Waals surface area (Å²) in [6.07, 6.45) is 3.77. The molecule has 28 heavy (non-hydrogen) atoms. The number of rotatable bonds is 5. The average Bonchev–Trinajstić information content (AvgIpc) is 3.28. The second-order valence-corrected chi connectivity index (χ2v) is 8.16. The van der Waals surface area contributed by atoms with Crippen molar-refractivity contribution in [1.82, 2.24) is 4.90 Å². The summed E-state index contributed by atoms with van der Waals surface area (Å²) in [7, 11) is 0. The number of nitrogens with zero attached hydrogens (tertiary/aromatic N) is 1. The van der Waals surface area contributed by atoms with Crippen molar-refractivity contribution in [3.63, 3.8) is 0 Å². The third-order valence-corrected chi connectivity index (χ3v) is 5.95. The predicted molar refractivity (Wildman–Crippen MR) is 112 cm³/mol. The van der Waals surface area contributed by atoms with Gasteiger partial charge in [0.2, 0.25) is 5.91 Å². The summed E-state index contributed by atoms with van der Waals surface area (Å²) in [5, 5.41) is 5.94. The lowest BCUT2D eigenvalue weighted by Crippen LogP contribution is -2.38. The molecule has 0 spiro atoms. The van der Waals surface area contributed by atoms with Crippen molar-refractivity contribution in [3.05, 3.63) is 59.2 Å². The van der Waals surface area contributed by atoms with Crippen LogP contribution >= 0.6 is 0 Å². The van der Waals surface area contributed by atoms with Crippen LogP contribution < -0.4 is 10.6 Å². The molecule has 1 heterocycles. The van der Waals surface area contributed by atoms with Crippen LogP contribution in [0.4, 0.5) is 11.4 Å². The average molecular weight is 377 g/mol. The van der Waals surface area contributed by atoms with Crippen LogP contribution in [0.15, 0.2) is 42.5 Å². The van der Waals surface area contributed by atoms with Crippen LogP contribution in [0, 0.1) is 19.8 Å². The number of fused-ring (bicyclic) bond motifs is 2. The number of benzene rings is 2. The van der Waals surface area contributed by atoms with E-state index in [0.717, 1.165) is 23.6 Å². The number of carbonyl (C=O) groups excluding carboxylic acids is 2. The number of hydrogen-bond acceptors (Lipinski definition) is 3. The number of amides is 2. The van der Waals surface area contributed by atoms with Gasteiger partial charge in [-0.2, -0.15) is 0 Å². The van der Waals surface area contributed by atoms with Crippen molar-refractivity contribution < 1.29 is 9.59 Å². The molecule has 2 bridgehead atoms. The van der Waals surface area contributed by atoms with Gasteiger partial charge in [0.05, 0.1) is 6.54 Å². The minimum atomic E-state index is -0.153. The van der Waals surface area contributed by atoms with Crippen molar-refractivity contribution in [3.8, 4) is 0 Å². The third-order valence-electron chi connectivity index (χ3n) is 5.95. The number of nitrogens with one attached hydrogen (secondary N) is 2. The summed E-state index contributed by atoms with van der Waals surface area (Å²) in [5.41, 5.74) is 4.10. The number of piperidine rings is 1. The number of aryl methyl sites for hydroxylation is 2. The fraction of sp³-hybridized carbons (Fsp3) is 0.391. The van der Waals surface area contributed by atoms with Crippen molar-refractivity contribution >= 4 is 23.2 Å². The maximum atomic E-state index is 12.5. The Hall–Kier alpha value is -2.66. The SMILES string of the molecule is Cc1ccc(C(=O)Nc2cc(NC(=O)CN3CC4CCC3C4)ccc2C)cc1. The molecule has 2 unspecified atom stereocenters. The molecule has 2 N–H and O–H groups in total. The predicted octanol–water partition coefficient (Wildman–Crippen LogP) is 3.98. The van der Waals surface area contributed by atoms with Crippen LogP contribution in [0.1, 0.15) is 40.7 Å². The number of hydrogen-bond donors (Lipinski definition) is 2. The molecule has 5 nitrogen and oxygen atoms in total. The first kappa shape index (κ1) is 18.7. The van der Waals surface area contributed by atoms with Gasteiger partial charge in [-0.1, -0.05) is 23.8 Å². The number of likely N-dealkylation sites (tertiary alicyclic amines) is 1. The quantitative estimate of drug-likeness (QED) is 0.829. The summed E-state index contributed by atoms with van der Waals surface area (Å²) >= 11 is 0. The fourth-order valence-electron chi connectivity index (χ4n) is 4.34. The van der Waals surface area contributed by atoms with E-state index in [9.17, 15) is 9.59 Å². The van der Waals surface area contributed by atoms with Crippen molar-refractivity contribution in [2.45, 2.75) is 39.2 Å². The maximum Gasteiger partial charge on any atom is 0.255 e. The van der Waals surface area contributed by atoms with E-state index < -0.39 is 0 Å². The minimum absolute atomic E-state index is 0.00668. The molecule has 146 valence electrons. The zero-order valence-electron chi connectivity index (χ0n) is 16.5. The first-order valence-electron chi connectivity index (χ1n) is 10.0. The Bertz CT molecular complexity index is 891. The summed E-state index contributed by atoms with van der Waals surface area (Å²) < 4.78 is 0. The molecule has 1 saturated carbocycles. The van der Waals surface area contributed by atoms with Crippen LogP contribution in [-0.2, 0) is 4.79 Å². The van der Waals surface area contributed by atoms with Gasteiger partial charge >= 0.3 is 0 Å². The summed E-state index contributed by atoms with van der Waals surface area (Å²) in [6, 6.07) is 13.7. The Morgan fingerprint density at radius 3 is 2.50 bits per heavy atom. The van der Waals surface area contributed by atoms with E-state index in [-0.39, 0.29) is 11.8 Å². The van der Waals surface area contributed by atoms with Crippen LogP contribution in [0.5, 0.6) is 0 Å². The van der Waals surface area contributed by atoms with E-state index in [1.807, 2.05) is 56.3 Å². The highest BCUT2D eigenvalue weighted by Gasteiger charge is 2.38. The monoisotopic (exact) mass is 377 g/mol. The first-order valence-corrected chi connectivity index (χ1v) is 10.0. The molecule has 1 aliphatic carbocycles. The number of carbonyl (C=O) groups is 2. The lowest BCUT2D eigenvalue weighted by atomic mass is 10.1. The molecular weight excluding hydrogens is 350 g/mol. The minimum Gasteiger partial charge on any atom is -0.325 e. The molecule has 2 aliphatic rings. The van der Waals surface area contributed by atoms with Crippen LogP contribution in [0.3, 0.4) is 0 Å². The molecule has 1 aliphatic heterocycles. The van der Waals surface area contributed by atoms with Gasteiger partial charge in [-0.05, 0) is 68.9 Å². The third kappa shape index (κ3) is 4.09. The Labute approximate surface area is 166 Å². The molecule has 2 aromatic rings. The highest BCUT2D eigenvalue weighted by molar-refractivity contribution is 6.05. The normalized spacial score (nSPS) is 20.9. The lowest BCUT2D eigenvalue weighted by molar-refractivity contribution is -0.117. The molecule has 2 amide bonds. The van der Waals surface area contributed by atoms with Gasteiger partial charge in [-0.25, -0.2) is 0 Å². The van der Waals surface area contributed by atoms with Gasteiger partial charge in [0.15, 0.2) is 0 Å². The van der Waals surface area contributed by atoms with Gasteiger partial charge in [-0.15, -0.1) is 0 Å². The van der Waals surface area contributed by atoms with E-state index in [0.29, 0.717) is 29.5 Å². The topological polar surface area (TPSA) is 61.4 Å². The van der Waals surface area contributed by atoms with Crippen molar-refractivity contribution in [2.24, 2.45) is 5.92 Å². The summed E-state index contributed by atoms with van der Waals surface area (Å²) in [4.78, 5) is 27.3. The van der Waals surface area contributed by atoms with E-state index in [1.54, 1.807) is 0 Å². The van der Waals surface area contributed by atoms with E-state index >= 15 is 0 Å². The van der Waals surface area contributed by atoms with Gasteiger partial charge < -0.3 is 10.6 Å². The maximum absolute atomic E-state index is 12.5. The molecule has 5 heteroatoms. The lowest BCUT2D eigenvalue weighted by Gasteiger charge is -2.25. The van der Waals surface area contributed by atoms with Gasteiger partial charge in [-0.3, -0.25) is 14.5 Å². The summed E-state index contributed by atoms with van der Waals surface area (Å²) in [5.74, 6) is 0.632. The first-order chi connectivity index (χ1) is 13.5. The highest BCUT2D eigenvalue weighted by atomic mass is 16.2. The molecule has 0 aromatic heterocycles. The number of anilines is 2. The van der Waals surface area contributed by atoms with Crippen molar-refractivity contribution in [1.29, 1.82) is 0 Å². The largest absolute Gasteiger partial charge is 0.325 e. The zero-order valence-corrected chi connectivity index (χ0v) is 16.5. The molecule has 4 rings (SSSR count). The zero-order chi connectivity index (χ0) is 19.7. The van der Waals surface area contributed by atoms with Crippen LogP contribution in [-0.4, -0.2) is 35.8 Å². The van der Waals surface area contributed by atoms with E-state index in [1.165, 1.54) is 19.3 Å². The molecule has 2 atom stereocenters. The molecule has 1 saturated heterocycles. The van der Waals surface area contributed by atoms with Gasteiger partial charge in [0.25, 0.3) is 5.91 Å². The van der Waals surface area contributed by atoms with Gasteiger partial charge in [0.1, 0.15) is 0 Å². The smallest absolute Gasteiger partial charge is 0.255 e. The Kier molecular flexibility index (Phi) is 5.18.